The van der Waals surface area contributed by atoms with E-state index < -0.39 is 0 Å². The van der Waals surface area contributed by atoms with Crippen molar-refractivity contribution in [3.8, 4) is 0 Å². The van der Waals surface area contributed by atoms with Crippen LogP contribution in [0.5, 0.6) is 0 Å². The molecule has 0 spiro atoms. The number of rotatable bonds is 4. The monoisotopic (exact) mass is 156 g/mol. The number of primary amides is 1. The summed E-state index contributed by atoms with van der Waals surface area (Å²) < 4.78 is 0. The van der Waals surface area contributed by atoms with Gasteiger partial charge < -0.3 is 10.5 Å². The van der Waals surface area contributed by atoms with E-state index in [4.69, 9.17) is 5.73 Å². The molecule has 1 aliphatic heterocycles. The van der Waals surface area contributed by atoms with Crippen molar-refractivity contribution in [3.63, 3.8) is 0 Å². The smallest absolute Gasteiger partial charge is 0.234 e. The molecule has 0 aliphatic carbocycles. The lowest BCUT2D eigenvalue weighted by molar-refractivity contribution is -0.128. The first kappa shape index (κ1) is 8.20. The fraction of sp³-hybridized carbons (Fsp3) is 0.714. The molecule has 1 atom stereocenters. The Balaban J connectivity index is 2.25. The molecule has 0 aromatic heterocycles. The molecular formula is C7H12N2O2. The quantitative estimate of drug-likeness (QED) is 0.538. The van der Waals surface area contributed by atoms with Crippen LogP contribution in [0, 0.1) is 0 Å². The van der Waals surface area contributed by atoms with Crippen LogP contribution in [0.15, 0.2) is 0 Å². The first-order valence-corrected chi connectivity index (χ1v) is 3.72. The number of amides is 1. The van der Waals surface area contributed by atoms with E-state index in [1.54, 1.807) is 0 Å². The summed E-state index contributed by atoms with van der Waals surface area (Å²) >= 11 is 0. The zero-order valence-corrected chi connectivity index (χ0v) is 6.32. The van der Waals surface area contributed by atoms with Crippen LogP contribution in [0.2, 0.25) is 0 Å². The maximum atomic E-state index is 10.6. The molecule has 1 saturated heterocycles. The van der Waals surface area contributed by atoms with E-state index in [9.17, 15) is 9.59 Å². The molecule has 1 unspecified atom stereocenters. The molecule has 4 heteroatoms. The van der Waals surface area contributed by atoms with Crippen molar-refractivity contribution < 1.29 is 9.59 Å². The SMILES string of the molecule is NC(=O)C1CCN1CCC=O. The average molecular weight is 156 g/mol. The van der Waals surface area contributed by atoms with Crippen LogP contribution >= 0.6 is 0 Å². The number of carbonyl (C=O) groups excluding carboxylic acids is 2. The van der Waals surface area contributed by atoms with Crippen LogP contribution in [0.1, 0.15) is 12.8 Å². The maximum absolute atomic E-state index is 10.6. The largest absolute Gasteiger partial charge is 0.368 e. The molecule has 1 fully saturated rings. The summed E-state index contributed by atoms with van der Waals surface area (Å²) in [6.07, 6.45) is 2.19. The van der Waals surface area contributed by atoms with E-state index in [0.717, 1.165) is 19.3 Å². The van der Waals surface area contributed by atoms with Gasteiger partial charge in [0.1, 0.15) is 6.29 Å². The van der Waals surface area contributed by atoms with Gasteiger partial charge in [0.05, 0.1) is 6.04 Å². The molecule has 0 aromatic rings. The van der Waals surface area contributed by atoms with Gasteiger partial charge in [-0.3, -0.25) is 9.69 Å². The van der Waals surface area contributed by atoms with Crippen LogP contribution in [0.25, 0.3) is 0 Å². The van der Waals surface area contributed by atoms with Crippen LogP contribution < -0.4 is 5.73 Å². The van der Waals surface area contributed by atoms with E-state index >= 15 is 0 Å². The number of carbonyl (C=O) groups is 2. The number of nitrogens with two attached hydrogens (primary N) is 1. The number of likely N-dealkylation sites (tertiary alicyclic amines) is 1. The van der Waals surface area contributed by atoms with Gasteiger partial charge in [-0.05, 0) is 6.42 Å². The van der Waals surface area contributed by atoms with Gasteiger partial charge in [-0.15, -0.1) is 0 Å². The number of hydrogen-bond acceptors (Lipinski definition) is 3. The highest BCUT2D eigenvalue weighted by Gasteiger charge is 2.31. The molecule has 1 amide bonds. The molecule has 0 aromatic carbocycles. The van der Waals surface area contributed by atoms with Crippen molar-refractivity contribution >= 4 is 12.2 Å². The van der Waals surface area contributed by atoms with Crippen LogP contribution in [0.4, 0.5) is 0 Å². The van der Waals surface area contributed by atoms with Gasteiger partial charge in [-0.2, -0.15) is 0 Å². The Hall–Kier alpha value is -0.900. The predicted octanol–water partition coefficient (Wildman–Crippen LogP) is -0.865. The van der Waals surface area contributed by atoms with Crippen LogP contribution in [0.3, 0.4) is 0 Å². The Morgan fingerprint density at radius 1 is 1.73 bits per heavy atom. The standard InChI is InChI=1S/C7H12N2O2/c8-7(11)6-2-4-9(6)3-1-5-10/h5-6H,1-4H2,(H2,8,11). The van der Waals surface area contributed by atoms with Gasteiger partial charge in [0.15, 0.2) is 0 Å². The summed E-state index contributed by atoms with van der Waals surface area (Å²) in [5, 5.41) is 0. The van der Waals surface area contributed by atoms with Gasteiger partial charge in [0.25, 0.3) is 0 Å². The van der Waals surface area contributed by atoms with E-state index in [1.807, 2.05) is 4.90 Å². The first-order valence-electron chi connectivity index (χ1n) is 3.72. The average Bonchev–Trinajstić information content (AvgIpc) is 1.84. The van der Waals surface area contributed by atoms with Crippen LogP contribution in [-0.2, 0) is 9.59 Å². The Morgan fingerprint density at radius 3 is 2.82 bits per heavy atom. The van der Waals surface area contributed by atoms with Crippen molar-refractivity contribution in [2.45, 2.75) is 18.9 Å². The molecular weight excluding hydrogens is 144 g/mol. The molecule has 0 bridgehead atoms. The number of hydrogen-bond donors (Lipinski definition) is 1. The molecule has 4 nitrogen and oxygen atoms in total. The summed E-state index contributed by atoms with van der Waals surface area (Å²) in [7, 11) is 0. The van der Waals surface area contributed by atoms with Crippen molar-refractivity contribution in [1.29, 1.82) is 0 Å². The minimum absolute atomic E-state index is 0.116. The number of nitrogens with zero attached hydrogens (tertiary/aromatic N) is 1. The molecule has 1 rings (SSSR count). The van der Waals surface area contributed by atoms with Crippen molar-refractivity contribution in [1.82, 2.24) is 4.90 Å². The molecule has 11 heavy (non-hydrogen) atoms. The van der Waals surface area contributed by atoms with Gasteiger partial charge in [0.2, 0.25) is 5.91 Å². The minimum Gasteiger partial charge on any atom is -0.368 e. The Kier molecular flexibility index (Phi) is 2.59. The molecule has 62 valence electrons. The van der Waals surface area contributed by atoms with Gasteiger partial charge in [0, 0.05) is 19.5 Å². The van der Waals surface area contributed by atoms with E-state index in [1.165, 1.54) is 0 Å². The van der Waals surface area contributed by atoms with Crippen LogP contribution in [-0.4, -0.2) is 36.2 Å². The molecule has 1 heterocycles. The van der Waals surface area contributed by atoms with Crippen molar-refractivity contribution in [2.75, 3.05) is 13.1 Å². The normalized spacial score (nSPS) is 24.2. The van der Waals surface area contributed by atoms with Crippen molar-refractivity contribution in [3.05, 3.63) is 0 Å². The fourth-order valence-electron chi connectivity index (χ4n) is 1.25. The second-order valence-corrected chi connectivity index (χ2v) is 2.70. The Bertz CT molecular complexity index is 170. The second-order valence-electron chi connectivity index (χ2n) is 2.70. The van der Waals surface area contributed by atoms with Gasteiger partial charge in [-0.1, -0.05) is 0 Å². The van der Waals surface area contributed by atoms with E-state index in [2.05, 4.69) is 0 Å². The number of aldehydes is 1. The predicted molar refractivity (Wildman–Crippen MR) is 39.9 cm³/mol. The zero-order valence-electron chi connectivity index (χ0n) is 6.32. The highest BCUT2D eigenvalue weighted by atomic mass is 16.1. The highest BCUT2D eigenvalue weighted by Crippen LogP contribution is 2.15. The highest BCUT2D eigenvalue weighted by molar-refractivity contribution is 5.80. The summed E-state index contributed by atoms with van der Waals surface area (Å²) in [6.45, 7) is 1.55. The third-order valence-corrected chi connectivity index (χ3v) is 1.99. The van der Waals surface area contributed by atoms with E-state index in [0.29, 0.717) is 13.0 Å². The summed E-state index contributed by atoms with van der Waals surface area (Å²) in [6, 6.07) is -0.116. The second kappa shape index (κ2) is 3.48. The van der Waals surface area contributed by atoms with Gasteiger partial charge >= 0.3 is 0 Å². The lowest BCUT2D eigenvalue weighted by atomic mass is 10.0. The summed E-state index contributed by atoms with van der Waals surface area (Å²) in [5.74, 6) is -0.276. The first-order chi connectivity index (χ1) is 5.25. The third-order valence-electron chi connectivity index (χ3n) is 1.99. The topological polar surface area (TPSA) is 63.4 Å². The fourth-order valence-corrected chi connectivity index (χ4v) is 1.25. The van der Waals surface area contributed by atoms with Gasteiger partial charge in [-0.25, -0.2) is 0 Å². The third kappa shape index (κ3) is 1.77. The lowest BCUT2D eigenvalue weighted by Gasteiger charge is -2.38. The summed E-state index contributed by atoms with van der Waals surface area (Å²) in [4.78, 5) is 22.6. The molecule has 2 N–H and O–H groups in total. The minimum atomic E-state index is -0.276. The molecule has 0 radical (unpaired) electrons. The maximum Gasteiger partial charge on any atom is 0.234 e. The summed E-state index contributed by atoms with van der Waals surface area (Å²) in [5.41, 5.74) is 5.09. The Labute approximate surface area is 65.3 Å². The molecule has 1 aliphatic rings. The Morgan fingerprint density at radius 2 is 2.45 bits per heavy atom. The molecule has 0 saturated carbocycles. The van der Waals surface area contributed by atoms with E-state index in [-0.39, 0.29) is 11.9 Å². The zero-order chi connectivity index (χ0) is 8.27. The van der Waals surface area contributed by atoms with Crippen molar-refractivity contribution in [2.24, 2.45) is 5.73 Å². The lowest BCUT2D eigenvalue weighted by Crippen LogP contribution is -2.54.